The summed E-state index contributed by atoms with van der Waals surface area (Å²) < 4.78 is 4.48. The van der Waals surface area contributed by atoms with Gasteiger partial charge in [0.15, 0.2) is 0 Å². The molecule has 3 heteroatoms. The Hall–Kier alpha value is -2.48. The zero-order valence-corrected chi connectivity index (χ0v) is 27.4. The van der Waals surface area contributed by atoms with Crippen molar-refractivity contribution in [2.45, 2.75) is 42.7 Å². The minimum atomic E-state index is -1.90. The Bertz CT molecular complexity index is 1650. The maximum Gasteiger partial charge on any atom is -1.00 e. The average Bonchev–Trinajstić information content (AvgIpc) is 3.66. The first-order valence-corrected chi connectivity index (χ1v) is 18.3. The van der Waals surface area contributed by atoms with Crippen LogP contribution in [-0.4, -0.2) is 3.81 Å². The zero-order chi connectivity index (χ0) is 26.9. The third-order valence-electron chi connectivity index (χ3n) is 11.0. The topological polar surface area (TPSA) is 0 Å². The normalized spacial score (nSPS) is 24.0. The van der Waals surface area contributed by atoms with Crippen molar-refractivity contribution < 1.29 is 42.2 Å². The van der Waals surface area contributed by atoms with E-state index in [1.807, 2.05) is 3.88 Å². The molecule has 0 saturated heterocycles. The maximum absolute atomic E-state index is 2.60. The van der Waals surface area contributed by atoms with Crippen molar-refractivity contribution in [1.29, 1.82) is 0 Å². The van der Waals surface area contributed by atoms with Crippen molar-refractivity contribution in [3.8, 4) is 33.4 Å². The van der Waals surface area contributed by atoms with Crippen LogP contribution in [0, 0.1) is 23.7 Å². The van der Waals surface area contributed by atoms with Crippen LogP contribution >= 0.6 is 0 Å². The van der Waals surface area contributed by atoms with Gasteiger partial charge in [-0.15, -0.1) is 0 Å². The van der Waals surface area contributed by atoms with E-state index in [0.717, 1.165) is 23.7 Å². The molecule has 6 aliphatic rings. The summed E-state index contributed by atoms with van der Waals surface area (Å²) in [5.74, 6) is 3.80. The third-order valence-corrected chi connectivity index (χ3v) is 16.7. The quantitative estimate of drug-likeness (QED) is 0.296. The minimum Gasteiger partial charge on any atom is -1.00 e. The Balaban J connectivity index is 0.00000150. The van der Waals surface area contributed by atoms with Crippen molar-refractivity contribution >= 4 is 3.81 Å². The van der Waals surface area contributed by atoms with Gasteiger partial charge in [-0.2, -0.15) is 0 Å². The van der Waals surface area contributed by atoms with Gasteiger partial charge in [0.2, 0.25) is 0 Å². The first-order valence-electron chi connectivity index (χ1n) is 15.8. The molecular weight excluding hydrogens is 599 g/mol. The van der Waals surface area contributed by atoms with Crippen LogP contribution in [0.2, 0.25) is 0 Å². The molecule has 0 heterocycles. The van der Waals surface area contributed by atoms with Gasteiger partial charge in [0, 0.05) is 0 Å². The molecule has 0 spiro atoms. The molecule has 4 aromatic carbocycles. The summed E-state index contributed by atoms with van der Waals surface area (Å²) in [5.41, 5.74) is 11.6. The van der Waals surface area contributed by atoms with Crippen LogP contribution in [0.5, 0.6) is 0 Å². The molecule has 214 valence electrons. The Morgan fingerprint density at radius 3 is 1.51 bits per heavy atom. The van der Waals surface area contributed by atoms with E-state index in [1.54, 1.807) is 11.1 Å². The fourth-order valence-corrected chi connectivity index (χ4v) is 16.0. The number of hydrogen-bond acceptors (Lipinski definition) is 0. The van der Waals surface area contributed by atoms with Gasteiger partial charge in [0.05, 0.1) is 0 Å². The summed E-state index contributed by atoms with van der Waals surface area (Å²) in [4.78, 5) is 0. The zero-order valence-electron chi connectivity index (χ0n) is 24.4. The maximum atomic E-state index is 2.60. The first kappa shape index (κ1) is 29.2. The van der Waals surface area contributed by atoms with Gasteiger partial charge in [-0.25, -0.2) is 0 Å². The molecule has 0 atom stereocenters. The second-order valence-electron chi connectivity index (χ2n) is 13.3. The van der Waals surface area contributed by atoms with E-state index in [2.05, 4.69) is 119 Å². The van der Waals surface area contributed by atoms with E-state index >= 15 is 0 Å². The number of benzene rings is 4. The van der Waals surface area contributed by atoms with E-state index in [1.165, 1.54) is 71.9 Å². The second kappa shape index (κ2) is 11.8. The van der Waals surface area contributed by atoms with E-state index < -0.39 is 17.4 Å². The minimum absolute atomic E-state index is 0. The predicted octanol–water partition coefficient (Wildman–Crippen LogP) is 4.19. The van der Waals surface area contributed by atoms with Gasteiger partial charge < -0.3 is 24.8 Å². The standard InChI is InChI=1S/C25H17.C10H14.C5H5.2ClH.Ti/c1-3-7-18(8-4-1)20-11-13-24-22(15-20)17-23-16-21(12-14-25(23)24)19-9-5-2-6-10-19;1-7-2-9-4-8(1)5-10(3-7)6-9;1-2-4-5-3-1;;;/h1-17H;7-10H,1-5H2;1-3H,4H2;2*1H;/q;;;;;+2/p-2. The van der Waals surface area contributed by atoms with Crippen LogP contribution in [0.1, 0.15) is 53.9 Å². The number of fused-ring (bicyclic) bond motifs is 3. The van der Waals surface area contributed by atoms with Crippen molar-refractivity contribution in [3.63, 3.8) is 0 Å². The molecule has 0 amide bonds. The Kier molecular flexibility index (Phi) is 8.02. The molecule has 0 N–H and O–H groups in total. The molecule has 0 unspecified atom stereocenters. The van der Waals surface area contributed by atoms with Crippen LogP contribution in [0.15, 0.2) is 119 Å². The number of rotatable bonds is 4. The molecule has 6 aliphatic carbocycles. The summed E-state index contributed by atoms with van der Waals surface area (Å²) >= 11 is -1.90. The van der Waals surface area contributed by atoms with Gasteiger partial charge in [0.25, 0.3) is 0 Å². The number of allylic oxidation sites excluding steroid dienone is 4. The van der Waals surface area contributed by atoms with E-state index in [4.69, 9.17) is 0 Å². The molecule has 0 aliphatic heterocycles. The van der Waals surface area contributed by atoms with Gasteiger partial charge in [-0.05, 0) is 0 Å². The van der Waals surface area contributed by atoms with Crippen LogP contribution in [0.25, 0.3) is 33.4 Å². The largest absolute Gasteiger partial charge is 1.00 e. The first-order chi connectivity index (χ1) is 20.3. The van der Waals surface area contributed by atoms with E-state index in [-0.39, 0.29) is 24.8 Å². The van der Waals surface area contributed by atoms with Crippen LogP contribution in [0.4, 0.5) is 0 Å². The van der Waals surface area contributed by atoms with Crippen LogP contribution in [0.3, 0.4) is 0 Å². The van der Waals surface area contributed by atoms with Crippen molar-refractivity contribution in [3.05, 3.63) is 130 Å². The molecule has 10 rings (SSSR count). The summed E-state index contributed by atoms with van der Waals surface area (Å²) in [5, 5.41) is 0. The molecule has 43 heavy (non-hydrogen) atoms. The van der Waals surface area contributed by atoms with Crippen molar-refractivity contribution in [2.75, 3.05) is 0 Å². The average molecular weight is 636 g/mol. The smallest absolute Gasteiger partial charge is 1.00 e. The summed E-state index contributed by atoms with van der Waals surface area (Å²) in [6.45, 7) is 0. The predicted molar refractivity (Wildman–Crippen MR) is 168 cm³/mol. The molecule has 4 fully saturated rings. The van der Waals surface area contributed by atoms with Gasteiger partial charge in [-0.1, -0.05) is 0 Å². The van der Waals surface area contributed by atoms with E-state index in [0.29, 0.717) is 4.22 Å². The fourth-order valence-electron chi connectivity index (χ4n) is 9.51. The van der Waals surface area contributed by atoms with Crippen LogP contribution in [-0.2, 0) is 17.4 Å². The van der Waals surface area contributed by atoms with Gasteiger partial charge in [0.1, 0.15) is 0 Å². The Morgan fingerprint density at radius 2 is 1.05 bits per heavy atom. The second-order valence-corrected chi connectivity index (χ2v) is 17.4. The number of halogens is 2. The Labute approximate surface area is 274 Å². The van der Waals surface area contributed by atoms with Crippen LogP contribution < -0.4 is 24.8 Å². The molecule has 4 bridgehead atoms. The molecule has 4 saturated carbocycles. The SMILES string of the molecule is C1=CC[C]([Ti+2](=[C]2C3CC4CC(C3)CC2C4)[CH]2c3cc(-c4ccccc4)ccc3-c3ccc(-c4ccccc4)cc32)=C1.[Cl-].[Cl-]. The van der Waals surface area contributed by atoms with Gasteiger partial charge in [-0.3, -0.25) is 0 Å². The Morgan fingerprint density at radius 1 is 0.535 bits per heavy atom. The molecule has 0 nitrogen and oxygen atoms in total. The molecule has 0 aromatic heterocycles. The summed E-state index contributed by atoms with van der Waals surface area (Å²) in [6, 6.07) is 37.0. The molecule has 0 radical (unpaired) electrons. The summed E-state index contributed by atoms with van der Waals surface area (Å²) in [7, 11) is 0. The molecule has 4 aromatic rings. The third kappa shape index (κ3) is 4.90. The van der Waals surface area contributed by atoms with Gasteiger partial charge >= 0.3 is 251 Å². The monoisotopic (exact) mass is 634 g/mol. The van der Waals surface area contributed by atoms with Crippen molar-refractivity contribution in [1.82, 2.24) is 0 Å². The molecular formula is C40H36Cl2Ti. The van der Waals surface area contributed by atoms with Crippen molar-refractivity contribution in [2.24, 2.45) is 23.7 Å². The van der Waals surface area contributed by atoms with E-state index in [9.17, 15) is 0 Å². The number of hydrogen-bond donors (Lipinski definition) is 0. The summed E-state index contributed by atoms with van der Waals surface area (Å²) in [6.07, 6.45) is 16.0. The fraction of sp³-hybridized carbons (Fsp3) is 0.275.